The first-order chi connectivity index (χ1) is 9.63. The van der Waals surface area contributed by atoms with Gasteiger partial charge in [0.1, 0.15) is 10.9 Å². The number of aromatic nitrogens is 1. The van der Waals surface area contributed by atoms with Crippen LogP contribution in [0.5, 0.6) is 0 Å². The van der Waals surface area contributed by atoms with Crippen LogP contribution in [0.4, 0.5) is 0 Å². The first-order valence-electron chi connectivity index (χ1n) is 6.75. The summed E-state index contributed by atoms with van der Waals surface area (Å²) in [6, 6.07) is 10.4. The molecule has 3 N–H and O–H groups in total. The number of fused-ring (bicyclic) bond motifs is 1. The highest BCUT2D eigenvalue weighted by atomic mass is 32.2. The van der Waals surface area contributed by atoms with E-state index in [4.69, 9.17) is 11.1 Å². The van der Waals surface area contributed by atoms with Crippen molar-refractivity contribution in [2.75, 3.05) is 0 Å². The molecular formula is C16H17N3S. The summed E-state index contributed by atoms with van der Waals surface area (Å²) in [5, 5.41) is 8.47. The lowest BCUT2D eigenvalue weighted by Crippen LogP contribution is -2.13. The van der Waals surface area contributed by atoms with E-state index < -0.39 is 0 Å². The molecule has 0 amide bonds. The third-order valence-electron chi connectivity index (χ3n) is 3.57. The van der Waals surface area contributed by atoms with Gasteiger partial charge in [0.15, 0.2) is 0 Å². The largest absolute Gasteiger partial charge is 0.384 e. The van der Waals surface area contributed by atoms with E-state index >= 15 is 0 Å². The van der Waals surface area contributed by atoms with Crippen LogP contribution in [0.1, 0.15) is 28.8 Å². The van der Waals surface area contributed by atoms with Crippen LogP contribution in [-0.2, 0) is 12.8 Å². The molecule has 0 atom stereocenters. The first-order valence-corrected chi connectivity index (χ1v) is 7.57. The molecule has 0 fully saturated rings. The van der Waals surface area contributed by atoms with Crippen molar-refractivity contribution in [1.82, 2.24) is 4.98 Å². The summed E-state index contributed by atoms with van der Waals surface area (Å²) in [5.74, 6) is 0.0705. The number of aryl methyl sites for hydroxylation is 3. The topological polar surface area (TPSA) is 62.8 Å². The maximum atomic E-state index is 7.66. The number of nitrogens with zero attached hydrogens (tertiary/aromatic N) is 1. The molecule has 20 heavy (non-hydrogen) atoms. The van der Waals surface area contributed by atoms with Crippen LogP contribution in [0, 0.1) is 12.3 Å². The number of pyridine rings is 1. The van der Waals surface area contributed by atoms with Gasteiger partial charge < -0.3 is 5.73 Å². The van der Waals surface area contributed by atoms with Gasteiger partial charge in [-0.05, 0) is 61.6 Å². The quantitative estimate of drug-likeness (QED) is 0.671. The number of hydrogen-bond acceptors (Lipinski definition) is 3. The second-order valence-electron chi connectivity index (χ2n) is 5.11. The molecule has 3 nitrogen and oxygen atoms in total. The predicted octanol–water partition coefficient (Wildman–Crippen LogP) is 3.31. The summed E-state index contributed by atoms with van der Waals surface area (Å²) in [4.78, 5) is 5.70. The van der Waals surface area contributed by atoms with E-state index in [-0.39, 0.29) is 5.84 Å². The summed E-state index contributed by atoms with van der Waals surface area (Å²) in [6.45, 7) is 1.96. The van der Waals surface area contributed by atoms with Crippen molar-refractivity contribution in [1.29, 1.82) is 5.41 Å². The molecule has 4 heteroatoms. The first kappa shape index (κ1) is 13.2. The van der Waals surface area contributed by atoms with Crippen LogP contribution in [0.15, 0.2) is 40.3 Å². The zero-order chi connectivity index (χ0) is 14.1. The monoisotopic (exact) mass is 283 g/mol. The fraction of sp³-hybridized carbons (Fsp3) is 0.250. The highest BCUT2D eigenvalue weighted by molar-refractivity contribution is 7.99. The van der Waals surface area contributed by atoms with Gasteiger partial charge in [0.2, 0.25) is 0 Å². The van der Waals surface area contributed by atoms with Crippen molar-refractivity contribution < 1.29 is 0 Å². The minimum absolute atomic E-state index is 0.0705. The summed E-state index contributed by atoms with van der Waals surface area (Å²) >= 11 is 1.59. The SMILES string of the molecule is Cc1ccc(C(=N)N)c(Sc2ccc3c(c2)CCC3)n1. The Kier molecular flexibility index (Phi) is 3.49. The molecule has 1 aromatic heterocycles. The molecule has 1 aliphatic carbocycles. The van der Waals surface area contributed by atoms with E-state index in [1.165, 1.54) is 35.3 Å². The molecule has 102 valence electrons. The molecule has 1 aliphatic rings. The van der Waals surface area contributed by atoms with E-state index in [1.54, 1.807) is 11.8 Å². The Balaban J connectivity index is 1.95. The van der Waals surface area contributed by atoms with Gasteiger partial charge in [-0.15, -0.1) is 0 Å². The number of benzene rings is 1. The predicted molar refractivity (Wildman–Crippen MR) is 82.6 cm³/mol. The van der Waals surface area contributed by atoms with Gasteiger partial charge in [-0.25, -0.2) is 4.98 Å². The van der Waals surface area contributed by atoms with Crippen molar-refractivity contribution in [3.05, 3.63) is 52.7 Å². The molecule has 0 bridgehead atoms. The Bertz CT molecular complexity index is 679. The molecule has 1 heterocycles. The van der Waals surface area contributed by atoms with E-state index in [1.807, 2.05) is 19.1 Å². The normalized spacial score (nSPS) is 13.2. The number of nitrogens with one attached hydrogen (secondary N) is 1. The van der Waals surface area contributed by atoms with E-state index in [9.17, 15) is 0 Å². The molecule has 1 aromatic carbocycles. The third kappa shape index (κ3) is 2.56. The molecule has 0 saturated carbocycles. The summed E-state index contributed by atoms with van der Waals surface area (Å²) in [7, 11) is 0. The lowest BCUT2D eigenvalue weighted by atomic mass is 10.1. The summed E-state index contributed by atoms with van der Waals surface area (Å²) in [5.41, 5.74) is 10.2. The molecule has 2 aromatic rings. The summed E-state index contributed by atoms with van der Waals surface area (Å²) < 4.78 is 0. The van der Waals surface area contributed by atoms with Gasteiger partial charge in [-0.1, -0.05) is 17.8 Å². The van der Waals surface area contributed by atoms with Gasteiger partial charge >= 0.3 is 0 Å². The lowest BCUT2D eigenvalue weighted by Gasteiger charge is -2.09. The maximum absolute atomic E-state index is 7.66. The molecule has 0 spiro atoms. The molecule has 0 radical (unpaired) electrons. The number of amidine groups is 1. The average molecular weight is 283 g/mol. The molecular weight excluding hydrogens is 266 g/mol. The number of nitrogens with two attached hydrogens (primary N) is 1. The van der Waals surface area contributed by atoms with Crippen LogP contribution in [0.3, 0.4) is 0 Å². The summed E-state index contributed by atoms with van der Waals surface area (Å²) in [6.07, 6.45) is 3.62. The van der Waals surface area contributed by atoms with Crippen LogP contribution in [0.2, 0.25) is 0 Å². The molecule has 0 unspecified atom stereocenters. The number of rotatable bonds is 3. The maximum Gasteiger partial charge on any atom is 0.125 e. The van der Waals surface area contributed by atoms with E-state index in [0.717, 1.165) is 10.7 Å². The Morgan fingerprint density at radius 1 is 1.20 bits per heavy atom. The second kappa shape index (κ2) is 5.29. The highest BCUT2D eigenvalue weighted by Gasteiger charge is 2.13. The minimum atomic E-state index is 0.0705. The van der Waals surface area contributed by atoms with Crippen molar-refractivity contribution in [2.24, 2.45) is 5.73 Å². The number of hydrogen-bond donors (Lipinski definition) is 2. The number of nitrogen functional groups attached to an aromatic ring is 1. The fourth-order valence-electron chi connectivity index (χ4n) is 2.54. The molecule has 0 aliphatic heterocycles. The van der Waals surface area contributed by atoms with Crippen LogP contribution < -0.4 is 5.73 Å². The Morgan fingerprint density at radius 2 is 2.00 bits per heavy atom. The Hall–Kier alpha value is -1.81. The van der Waals surface area contributed by atoms with Gasteiger partial charge in [0, 0.05) is 16.2 Å². The van der Waals surface area contributed by atoms with Gasteiger partial charge in [-0.2, -0.15) is 0 Å². The van der Waals surface area contributed by atoms with Gasteiger partial charge in [-0.3, -0.25) is 5.41 Å². The third-order valence-corrected chi connectivity index (χ3v) is 4.57. The zero-order valence-electron chi connectivity index (χ0n) is 11.4. The lowest BCUT2D eigenvalue weighted by molar-refractivity contribution is 0.911. The Morgan fingerprint density at radius 3 is 2.80 bits per heavy atom. The van der Waals surface area contributed by atoms with E-state index in [2.05, 4.69) is 23.2 Å². The van der Waals surface area contributed by atoms with Gasteiger partial charge in [0.25, 0.3) is 0 Å². The molecule has 3 rings (SSSR count). The van der Waals surface area contributed by atoms with Crippen molar-refractivity contribution in [3.8, 4) is 0 Å². The standard InChI is InChI=1S/C16H17N3S/c1-10-5-8-14(15(17)18)16(19-10)20-13-7-6-11-3-2-4-12(11)9-13/h5-9H,2-4H2,1H3,(H3,17,18). The van der Waals surface area contributed by atoms with Crippen LogP contribution in [0.25, 0.3) is 0 Å². The van der Waals surface area contributed by atoms with Crippen molar-refractivity contribution >= 4 is 17.6 Å². The van der Waals surface area contributed by atoms with E-state index in [0.29, 0.717) is 5.56 Å². The van der Waals surface area contributed by atoms with Crippen LogP contribution >= 0.6 is 11.8 Å². The van der Waals surface area contributed by atoms with Crippen molar-refractivity contribution in [3.63, 3.8) is 0 Å². The van der Waals surface area contributed by atoms with Crippen molar-refractivity contribution in [2.45, 2.75) is 36.1 Å². The second-order valence-corrected chi connectivity index (χ2v) is 6.17. The fourth-order valence-corrected chi connectivity index (χ4v) is 3.58. The molecule has 0 saturated heterocycles. The average Bonchev–Trinajstić information content (AvgIpc) is 2.85. The smallest absolute Gasteiger partial charge is 0.125 e. The van der Waals surface area contributed by atoms with Gasteiger partial charge in [0.05, 0.1) is 0 Å². The minimum Gasteiger partial charge on any atom is -0.384 e. The zero-order valence-corrected chi connectivity index (χ0v) is 12.3. The Labute approximate surface area is 123 Å². The highest BCUT2D eigenvalue weighted by Crippen LogP contribution is 2.32. The van der Waals surface area contributed by atoms with Crippen LogP contribution in [-0.4, -0.2) is 10.8 Å².